The van der Waals surface area contributed by atoms with Crippen LogP contribution in [-0.2, 0) is 0 Å². The molecule has 0 aromatic carbocycles. The summed E-state index contributed by atoms with van der Waals surface area (Å²) in [5.41, 5.74) is 1.09. The number of aryl methyl sites for hydroxylation is 1. The molecule has 0 N–H and O–H groups in total. The van der Waals surface area contributed by atoms with Crippen molar-refractivity contribution in [2.45, 2.75) is 6.92 Å². The second kappa shape index (κ2) is 2.40. The standard InChI is InChI=1S/C7H9N2/c1-7-5-3-4-6-9(7)8-2/h3-6H,2H2,1H3/q+1. The van der Waals surface area contributed by atoms with Gasteiger partial charge < -0.3 is 0 Å². The smallest absolute Gasteiger partial charge is 0.0577 e. The first-order valence-corrected chi connectivity index (χ1v) is 2.79. The number of hydrogen-bond acceptors (Lipinski definition) is 1. The molecule has 0 amide bonds. The quantitative estimate of drug-likeness (QED) is 0.385. The molecule has 2 nitrogen and oxygen atoms in total. The minimum absolute atomic E-state index is 1.09. The maximum absolute atomic E-state index is 3.74. The predicted octanol–water partition coefficient (Wildman–Crippen LogP) is 0.746. The molecule has 1 aromatic rings. The van der Waals surface area contributed by atoms with Crippen molar-refractivity contribution in [3.05, 3.63) is 30.1 Å². The van der Waals surface area contributed by atoms with Gasteiger partial charge in [0.1, 0.15) is 0 Å². The summed E-state index contributed by atoms with van der Waals surface area (Å²) in [6.07, 6.45) is 1.86. The topological polar surface area (TPSA) is 16.2 Å². The molecule has 0 fully saturated rings. The lowest BCUT2D eigenvalue weighted by Crippen LogP contribution is -2.29. The number of pyridine rings is 1. The molecule has 0 saturated heterocycles. The summed E-state index contributed by atoms with van der Waals surface area (Å²) >= 11 is 0. The molecule has 0 spiro atoms. The summed E-state index contributed by atoms with van der Waals surface area (Å²) in [6, 6.07) is 5.87. The first-order valence-electron chi connectivity index (χ1n) is 2.79. The van der Waals surface area contributed by atoms with Crippen LogP contribution in [-0.4, -0.2) is 6.72 Å². The Bertz CT molecular complexity index is 218. The van der Waals surface area contributed by atoms with Gasteiger partial charge in [-0.05, 0) is 11.2 Å². The maximum Gasteiger partial charge on any atom is 0.211 e. The molecule has 0 aliphatic rings. The van der Waals surface area contributed by atoms with Crippen molar-refractivity contribution in [2.75, 3.05) is 0 Å². The third kappa shape index (κ3) is 1.13. The first kappa shape index (κ1) is 5.95. The van der Waals surface area contributed by atoms with Crippen molar-refractivity contribution in [1.82, 2.24) is 0 Å². The van der Waals surface area contributed by atoms with Gasteiger partial charge in [0.2, 0.25) is 11.9 Å². The van der Waals surface area contributed by atoms with Crippen LogP contribution in [0.1, 0.15) is 5.69 Å². The minimum atomic E-state index is 1.09. The third-order valence-corrected chi connectivity index (χ3v) is 1.19. The van der Waals surface area contributed by atoms with Crippen molar-refractivity contribution in [2.24, 2.45) is 5.10 Å². The van der Waals surface area contributed by atoms with Crippen molar-refractivity contribution < 1.29 is 4.68 Å². The minimum Gasteiger partial charge on any atom is -0.0577 e. The second-order valence-corrected chi connectivity index (χ2v) is 1.83. The SMILES string of the molecule is C=N[n+]1ccccc1C. The highest BCUT2D eigenvalue weighted by Gasteiger charge is 1.97. The third-order valence-electron chi connectivity index (χ3n) is 1.19. The molecule has 1 rings (SSSR count). The van der Waals surface area contributed by atoms with E-state index in [2.05, 4.69) is 11.8 Å². The van der Waals surface area contributed by atoms with Crippen molar-refractivity contribution >= 4 is 6.72 Å². The highest BCUT2D eigenvalue weighted by molar-refractivity contribution is 5.21. The molecule has 1 aromatic heterocycles. The summed E-state index contributed by atoms with van der Waals surface area (Å²) in [5, 5.41) is 3.74. The van der Waals surface area contributed by atoms with Crippen molar-refractivity contribution in [3.63, 3.8) is 0 Å². The average Bonchev–Trinajstić information content (AvgIpc) is 1.89. The molecule has 0 atom stereocenters. The Morgan fingerprint density at radius 1 is 1.56 bits per heavy atom. The van der Waals surface area contributed by atoms with Gasteiger partial charge in [-0.15, -0.1) is 0 Å². The Labute approximate surface area is 54.5 Å². The molecule has 0 unspecified atom stereocenters. The Hall–Kier alpha value is -1.18. The van der Waals surface area contributed by atoms with E-state index in [1.807, 2.05) is 31.3 Å². The van der Waals surface area contributed by atoms with Gasteiger partial charge in [0, 0.05) is 19.1 Å². The van der Waals surface area contributed by atoms with E-state index in [0.29, 0.717) is 0 Å². The van der Waals surface area contributed by atoms with Crippen LogP contribution in [0.4, 0.5) is 0 Å². The Morgan fingerprint density at radius 3 is 2.78 bits per heavy atom. The summed E-state index contributed by atoms with van der Waals surface area (Å²) in [7, 11) is 0. The zero-order chi connectivity index (χ0) is 6.69. The van der Waals surface area contributed by atoms with Crippen molar-refractivity contribution in [3.8, 4) is 0 Å². The molecular formula is C7H9N2+. The van der Waals surface area contributed by atoms with E-state index in [1.54, 1.807) is 4.68 Å². The highest BCUT2D eigenvalue weighted by atomic mass is 15.3. The van der Waals surface area contributed by atoms with Gasteiger partial charge in [-0.1, -0.05) is 4.68 Å². The lowest BCUT2D eigenvalue weighted by molar-refractivity contribution is -0.684. The Balaban J connectivity index is 3.15. The molecule has 1 heterocycles. The summed E-state index contributed by atoms with van der Waals surface area (Å²) in [6.45, 7) is 5.39. The summed E-state index contributed by atoms with van der Waals surface area (Å²) in [5.74, 6) is 0. The summed E-state index contributed by atoms with van der Waals surface area (Å²) < 4.78 is 1.72. The van der Waals surface area contributed by atoms with Crippen LogP contribution in [0.5, 0.6) is 0 Å². The number of nitrogens with zero attached hydrogens (tertiary/aromatic N) is 2. The monoisotopic (exact) mass is 121 g/mol. The van der Waals surface area contributed by atoms with Gasteiger partial charge in [-0.2, -0.15) is 0 Å². The van der Waals surface area contributed by atoms with Gasteiger partial charge >= 0.3 is 0 Å². The molecule has 0 radical (unpaired) electrons. The number of aromatic nitrogens is 1. The van der Waals surface area contributed by atoms with E-state index in [9.17, 15) is 0 Å². The van der Waals surface area contributed by atoms with E-state index in [1.165, 1.54) is 0 Å². The molecule has 0 aliphatic carbocycles. The zero-order valence-corrected chi connectivity index (χ0v) is 5.41. The molecular weight excluding hydrogens is 112 g/mol. The van der Waals surface area contributed by atoms with Crippen molar-refractivity contribution in [1.29, 1.82) is 0 Å². The lowest BCUT2D eigenvalue weighted by atomic mass is 10.4. The van der Waals surface area contributed by atoms with E-state index >= 15 is 0 Å². The van der Waals surface area contributed by atoms with Crippen LogP contribution in [0.25, 0.3) is 0 Å². The number of rotatable bonds is 1. The van der Waals surface area contributed by atoms with E-state index in [4.69, 9.17) is 0 Å². The highest BCUT2D eigenvalue weighted by Crippen LogP contribution is 1.85. The normalized spacial score (nSPS) is 9.00. The average molecular weight is 121 g/mol. The van der Waals surface area contributed by atoms with E-state index < -0.39 is 0 Å². The van der Waals surface area contributed by atoms with Crippen LogP contribution in [0, 0.1) is 6.92 Å². The fraction of sp³-hybridized carbons (Fsp3) is 0.143. The van der Waals surface area contributed by atoms with Gasteiger partial charge in [-0.25, -0.2) is 0 Å². The Kier molecular flexibility index (Phi) is 1.58. The fourth-order valence-electron chi connectivity index (χ4n) is 0.679. The van der Waals surface area contributed by atoms with Crippen LogP contribution in [0.2, 0.25) is 0 Å². The van der Waals surface area contributed by atoms with Crippen LogP contribution in [0.15, 0.2) is 29.5 Å². The zero-order valence-electron chi connectivity index (χ0n) is 5.41. The molecule has 0 bridgehead atoms. The van der Waals surface area contributed by atoms with Crippen LogP contribution < -0.4 is 4.68 Å². The molecule has 46 valence electrons. The van der Waals surface area contributed by atoms with E-state index in [0.717, 1.165) is 5.69 Å². The van der Waals surface area contributed by atoms with Gasteiger partial charge in [0.15, 0.2) is 0 Å². The number of hydrogen-bond donors (Lipinski definition) is 0. The molecule has 0 aliphatic heterocycles. The molecule has 9 heavy (non-hydrogen) atoms. The van der Waals surface area contributed by atoms with E-state index in [-0.39, 0.29) is 0 Å². The predicted molar refractivity (Wildman–Crippen MR) is 36.3 cm³/mol. The maximum atomic E-state index is 3.74. The van der Waals surface area contributed by atoms with Crippen LogP contribution >= 0.6 is 0 Å². The Morgan fingerprint density at radius 2 is 2.33 bits per heavy atom. The van der Waals surface area contributed by atoms with Gasteiger partial charge in [0.25, 0.3) is 0 Å². The fourth-order valence-corrected chi connectivity index (χ4v) is 0.679. The largest absolute Gasteiger partial charge is 0.211 e. The lowest BCUT2D eigenvalue weighted by Gasteiger charge is -1.85. The van der Waals surface area contributed by atoms with Gasteiger partial charge in [0.05, 0.1) is 6.72 Å². The second-order valence-electron chi connectivity index (χ2n) is 1.83. The summed E-state index contributed by atoms with van der Waals surface area (Å²) in [4.78, 5) is 0. The molecule has 2 heteroatoms. The first-order chi connectivity index (χ1) is 4.34. The molecule has 0 saturated carbocycles. The van der Waals surface area contributed by atoms with Gasteiger partial charge in [-0.3, -0.25) is 0 Å². The van der Waals surface area contributed by atoms with Crippen LogP contribution in [0.3, 0.4) is 0 Å².